The summed E-state index contributed by atoms with van der Waals surface area (Å²) in [5.41, 5.74) is -0.606. The lowest BCUT2D eigenvalue weighted by atomic mass is 10.0. The molecule has 0 aromatic heterocycles. The summed E-state index contributed by atoms with van der Waals surface area (Å²) >= 11 is 5.74. The van der Waals surface area contributed by atoms with Crippen LogP contribution in [0.2, 0.25) is 5.02 Å². The van der Waals surface area contributed by atoms with E-state index in [1.807, 2.05) is 0 Å². The van der Waals surface area contributed by atoms with E-state index in [1.165, 1.54) is 6.92 Å². The minimum atomic E-state index is -1.48. The third-order valence-electron chi connectivity index (χ3n) is 2.53. The number of carboxylic acids is 1. The van der Waals surface area contributed by atoms with Crippen molar-refractivity contribution in [2.75, 3.05) is 6.54 Å². The zero-order valence-corrected chi connectivity index (χ0v) is 11.8. The van der Waals surface area contributed by atoms with E-state index in [4.69, 9.17) is 16.7 Å². The van der Waals surface area contributed by atoms with Gasteiger partial charge in [-0.05, 0) is 24.6 Å². The summed E-state index contributed by atoms with van der Waals surface area (Å²) in [7, 11) is 0. The van der Waals surface area contributed by atoms with Crippen LogP contribution in [0.5, 0.6) is 0 Å². The van der Waals surface area contributed by atoms with Gasteiger partial charge in [0.2, 0.25) is 0 Å². The summed E-state index contributed by atoms with van der Waals surface area (Å²) in [4.78, 5) is 22.0. The van der Waals surface area contributed by atoms with Crippen molar-refractivity contribution in [3.63, 3.8) is 0 Å². The summed E-state index contributed by atoms with van der Waals surface area (Å²) in [6.45, 7) is 1.51. The van der Waals surface area contributed by atoms with Gasteiger partial charge in [-0.15, -0.1) is 0 Å². The van der Waals surface area contributed by atoms with Crippen LogP contribution in [-0.2, 0) is 11.3 Å². The largest absolute Gasteiger partial charge is 0.481 e. The predicted octanol–water partition coefficient (Wildman–Crippen LogP) is 1.36. The molecule has 0 bridgehead atoms. The first-order valence-electron chi connectivity index (χ1n) is 5.99. The van der Waals surface area contributed by atoms with E-state index in [2.05, 4.69) is 10.6 Å². The van der Waals surface area contributed by atoms with Crippen LogP contribution in [0.1, 0.15) is 18.9 Å². The van der Waals surface area contributed by atoms with Crippen molar-refractivity contribution in [3.8, 4) is 0 Å². The third-order valence-corrected chi connectivity index (χ3v) is 2.78. The number of halogens is 1. The van der Waals surface area contributed by atoms with Crippen molar-refractivity contribution in [1.82, 2.24) is 10.6 Å². The molecule has 4 N–H and O–H groups in total. The van der Waals surface area contributed by atoms with Crippen molar-refractivity contribution in [1.29, 1.82) is 0 Å². The Hall–Kier alpha value is -1.79. The zero-order chi connectivity index (χ0) is 15.2. The number of carboxylic acid groups (broad SMARTS) is 1. The highest BCUT2D eigenvalue weighted by Crippen LogP contribution is 2.09. The lowest BCUT2D eigenvalue weighted by Gasteiger charge is -2.21. The van der Waals surface area contributed by atoms with E-state index in [1.54, 1.807) is 24.3 Å². The van der Waals surface area contributed by atoms with Crippen LogP contribution in [0.15, 0.2) is 24.3 Å². The van der Waals surface area contributed by atoms with Crippen molar-refractivity contribution >= 4 is 23.6 Å². The standard InChI is InChI=1S/C13H17ClN2O4/c1-13(20,6-11(17)18)8-16-12(19)15-7-9-2-4-10(14)5-3-9/h2-5,20H,6-8H2,1H3,(H,17,18)(H2,15,16,19). The number of aliphatic carboxylic acids is 1. The summed E-state index contributed by atoms with van der Waals surface area (Å²) in [5, 5.41) is 23.9. The summed E-state index contributed by atoms with van der Waals surface area (Å²) < 4.78 is 0. The SMILES string of the molecule is CC(O)(CNC(=O)NCc1ccc(Cl)cc1)CC(=O)O. The Morgan fingerprint density at radius 1 is 1.25 bits per heavy atom. The van der Waals surface area contributed by atoms with Gasteiger partial charge in [-0.3, -0.25) is 4.79 Å². The molecular formula is C13H17ClN2O4. The number of benzene rings is 1. The molecule has 20 heavy (non-hydrogen) atoms. The maximum atomic E-state index is 11.5. The number of urea groups is 1. The van der Waals surface area contributed by atoms with Gasteiger partial charge in [0.1, 0.15) is 0 Å². The molecule has 6 nitrogen and oxygen atoms in total. The Balaban J connectivity index is 2.33. The summed E-state index contributed by atoms with van der Waals surface area (Å²) in [5.74, 6) is -1.13. The maximum Gasteiger partial charge on any atom is 0.315 e. The Morgan fingerprint density at radius 2 is 1.85 bits per heavy atom. The molecule has 0 saturated carbocycles. The Labute approximate surface area is 121 Å². The number of hydrogen-bond donors (Lipinski definition) is 4. The number of rotatable bonds is 6. The average Bonchev–Trinajstić information content (AvgIpc) is 2.34. The maximum absolute atomic E-state index is 11.5. The van der Waals surface area contributed by atoms with Crippen LogP contribution < -0.4 is 10.6 Å². The number of amides is 2. The molecule has 0 radical (unpaired) electrons. The first-order valence-corrected chi connectivity index (χ1v) is 6.37. The van der Waals surface area contributed by atoms with E-state index in [9.17, 15) is 14.7 Å². The van der Waals surface area contributed by atoms with Gasteiger partial charge in [0.05, 0.1) is 12.0 Å². The molecule has 0 aliphatic heterocycles. The van der Waals surface area contributed by atoms with E-state index in [-0.39, 0.29) is 6.54 Å². The molecule has 0 spiro atoms. The summed E-state index contributed by atoms with van der Waals surface area (Å²) in [6.07, 6.45) is -0.440. The molecule has 0 fully saturated rings. The second-order valence-corrected chi connectivity index (χ2v) is 5.17. The van der Waals surface area contributed by atoms with Gasteiger partial charge < -0.3 is 20.8 Å². The van der Waals surface area contributed by atoms with Gasteiger partial charge in [0.15, 0.2) is 0 Å². The molecule has 2 amide bonds. The van der Waals surface area contributed by atoms with Gasteiger partial charge >= 0.3 is 12.0 Å². The molecule has 1 unspecified atom stereocenters. The fourth-order valence-corrected chi connectivity index (χ4v) is 1.63. The van der Waals surface area contributed by atoms with E-state index < -0.39 is 24.0 Å². The van der Waals surface area contributed by atoms with Gasteiger partial charge in [-0.1, -0.05) is 23.7 Å². The molecule has 1 atom stereocenters. The zero-order valence-electron chi connectivity index (χ0n) is 11.0. The topological polar surface area (TPSA) is 98.7 Å². The van der Waals surface area contributed by atoms with Crippen LogP contribution in [0, 0.1) is 0 Å². The highest BCUT2D eigenvalue weighted by atomic mass is 35.5. The first kappa shape index (κ1) is 16.3. The molecule has 1 aromatic rings. The highest BCUT2D eigenvalue weighted by molar-refractivity contribution is 6.30. The predicted molar refractivity (Wildman–Crippen MR) is 74.6 cm³/mol. The molecule has 1 aromatic carbocycles. The lowest BCUT2D eigenvalue weighted by molar-refractivity contribution is -0.141. The average molecular weight is 301 g/mol. The number of carbonyl (C=O) groups excluding carboxylic acids is 1. The van der Waals surface area contributed by atoms with Crippen LogP contribution in [0.25, 0.3) is 0 Å². The van der Waals surface area contributed by atoms with Crippen LogP contribution in [-0.4, -0.2) is 34.4 Å². The molecule has 1 rings (SSSR count). The number of hydrogen-bond acceptors (Lipinski definition) is 3. The van der Waals surface area contributed by atoms with Crippen molar-refractivity contribution < 1.29 is 19.8 Å². The Bertz CT molecular complexity index is 474. The van der Waals surface area contributed by atoms with Crippen LogP contribution in [0.4, 0.5) is 4.79 Å². The Morgan fingerprint density at radius 3 is 2.40 bits per heavy atom. The normalized spacial score (nSPS) is 13.3. The smallest absolute Gasteiger partial charge is 0.315 e. The molecular weight excluding hydrogens is 284 g/mol. The first-order chi connectivity index (χ1) is 9.28. The Kier molecular flexibility index (Phi) is 5.79. The van der Waals surface area contributed by atoms with Crippen molar-refractivity contribution in [2.45, 2.75) is 25.5 Å². The van der Waals surface area contributed by atoms with Gasteiger partial charge in [0.25, 0.3) is 0 Å². The minimum Gasteiger partial charge on any atom is -0.481 e. The van der Waals surface area contributed by atoms with Crippen molar-refractivity contribution in [2.24, 2.45) is 0 Å². The van der Waals surface area contributed by atoms with E-state index in [0.29, 0.717) is 11.6 Å². The second-order valence-electron chi connectivity index (χ2n) is 4.73. The molecule has 0 heterocycles. The summed E-state index contributed by atoms with van der Waals surface area (Å²) in [6, 6.07) is 6.51. The van der Waals surface area contributed by atoms with E-state index >= 15 is 0 Å². The number of nitrogens with one attached hydrogen (secondary N) is 2. The molecule has 0 aliphatic carbocycles. The van der Waals surface area contributed by atoms with Crippen molar-refractivity contribution in [3.05, 3.63) is 34.9 Å². The fourth-order valence-electron chi connectivity index (χ4n) is 1.51. The van der Waals surface area contributed by atoms with Crippen LogP contribution >= 0.6 is 11.6 Å². The molecule has 7 heteroatoms. The third kappa shape index (κ3) is 6.40. The molecule has 0 aliphatic rings. The molecule has 110 valence electrons. The number of aliphatic hydroxyl groups is 1. The van der Waals surface area contributed by atoms with E-state index in [0.717, 1.165) is 5.56 Å². The highest BCUT2D eigenvalue weighted by Gasteiger charge is 2.24. The number of carbonyl (C=O) groups is 2. The minimum absolute atomic E-state index is 0.147. The van der Waals surface area contributed by atoms with Gasteiger partial charge in [-0.25, -0.2) is 4.79 Å². The molecule has 0 saturated heterocycles. The second kappa shape index (κ2) is 7.12. The monoisotopic (exact) mass is 300 g/mol. The lowest BCUT2D eigenvalue weighted by Crippen LogP contribution is -2.45. The van der Waals surface area contributed by atoms with Gasteiger partial charge in [0, 0.05) is 18.1 Å². The van der Waals surface area contributed by atoms with Gasteiger partial charge in [-0.2, -0.15) is 0 Å². The van der Waals surface area contributed by atoms with Crippen LogP contribution in [0.3, 0.4) is 0 Å². The fraction of sp³-hybridized carbons (Fsp3) is 0.385. The quantitative estimate of drug-likeness (QED) is 0.637.